The first-order chi connectivity index (χ1) is 16.9. The highest BCUT2D eigenvalue weighted by atomic mass is 16.3. The molecule has 182 valence electrons. The summed E-state index contributed by atoms with van der Waals surface area (Å²) in [6.45, 7) is 11.1. The van der Waals surface area contributed by atoms with Gasteiger partial charge in [0.05, 0.1) is 6.04 Å². The lowest BCUT2D eigenvalue weighted by Crippen LogP contribution is -2.57. The Balaban J connectivity index is 1.64. The number of phenols is 1. The Morgan fingerprint density at radius 3 is 2.37 bits per heavy atom. The van der Waals surface area contributed by atoms with E-state index in [2.05, 4.69) is 36.3 Å². The summed E-state index contributed by atoms with van der Waals surface area (Å²) in [7, 11) is 1.80. The average Bonchev–Trinajstić information content (AvgIpc) is 2.87. The zero-order chi connectivity index (χ0) is 24.9. The van der Waals surface area contributed by atoms with Crippen molar-refractivity contribution >= 4 is 11.6 Å². The number of piperazine rings is 1. The molecule has 0 bridgehead atoms. The number of para-hydroxylation sites is 1. The fourth-order valence-corrected chi connectivity index (χ4v) is 5.05. The van der Waals surface area contributed by atoms with E-state index in [4.69, 9.17) is 0 Å². The Bertz CT molecular complexity index is 1150. The van der Waals surface area contributed by atoms with Crippen LogP contribution in [0.1, 0.15) is 41.4 Å². The molecule has 0 unspecified atom stereocenters. The summed E-state index contributed by atoms with van der Waals surface area (Å²) in [5.41, 5.74) is 3.65. The van der Waals surface area contributed by atoms with Crippen molar-refractivity contribution in [3.8, 4) is 5.75 Å². The number of nitrogens with zero attached hydrogens (tertiary/aromatic N) is 3. The van der Waals surface area contributed by atoms with Crippen LogP contribution in [0.2, 0.25) is 0 Å². The van der Waals surface area contributed by atoms with Crippen LogP contribution in [-0.2, 0) is 0 Å². The third kappa shape index (κ3) is 5.47. The van der Waals surface area contributed by atoms with Crippen LogP contribution in [0.25, 0.3) is 0 Å². The third-order valence-corrected chi connectivity index (χ3v) is 6.97. The number of amides is 1. The van der Waals surface area contributed by atoms with Crippen molar-refractivity contribution in [1.29, 1.82) is 0 Å². The Hall–Kier alpha value is -3.41. The molecule has 3 aromatic carbocycles. The summed E-state index contributed by atoms with van der Waals surface area (Å²) in [6.07, 6.45) is 1.97. The molecule has 1 aliphatic rings. The zero-order valence-corrected chi connectivity index (χ0v) is 20.8. The second kappa shape index (κ2) is 10.9. The minimum atomic E-state index is -0.0447. The first kappa shape index (κ1) is 24.7. The standard InChI is InChI=1S/C30H35N3O2/c1-5-18-32-20-23(3)33(21-22(32)2)29(26-10-9-13-28(34)19-26)24-14-16-25(17-15-24)30(35)31(4)27-11-7-6-8-12-27/h5-17,19,22-23,29,34H,1,18,20-21H2,2-4H3/t22-,23+,29-/m1/s1. The molecule has 1 heterocycles. The number of benzene rings is 3. The van der Waals surface area contributed by atoms with E-state index in [0.29, 0.717) is 17.6 Å². The number of aromatic hydroxyl groups is 1. The fraction of sp³-hybridized carbons (Fsp3) is 0.300. The summed E-state index contributed by atoms with van der Waals surface area (Å²) in [5.74, 6) is 0.214. The number of anilines is 1. The summed E-state index contributed by atoms with van der Waals surface area (Å²) < 4.78 is 0. The molecule has 1 N–H and O–H groups in total. The molecular formula is C30H35N3O2. The highest BCUT2D eigenvalue weighted by molar-refractivity contribution is 6.05. The molecule has 1 fully saturated rings. The second-order valence-corrected chi connectivity index (χ2v) is 9.46. The van der Waals surface area contributed by atoms with Crippen molar-refractivity contribution in [1.82, 2.24) is 9.80 Å². The maximum Gasteiger partial charge on any atom is 0.258 e. The van der Waals surface area contributed by atoms with Gasteiger partial charge in [0, 0.05) is 50.0 Å². The van der Waals surface area contributed by atoms with Gasteiger partial charge in [-0.2, -0.15) is 0 Å². The van der Waals surface area contributed by atoms with E-state index in [1.165, 1.54) is 0 Å². The van der Waals surface area contributed by atoms with Crippen LogP contribution in [0.15, 0.2) is 91.5 Å². The number of phenolic OH excluding ortho intramolecular Hbond substituents is 1. The maximum absolute atomic E-state index is 13.1. The van der Waals surface area contributed by atoms with Gasteiger partial charge in [-0.15, -0.1) is 6.58 Å². The number of carbonyl (C=O) groups excluding carboxylic acids is 1. The fourth-order valence-electron chi connectivity index (χ4n) is 5.05. The molecule has 1 saturated heterocycles. The zero-order valence-electron chi connectivity index (χ0n) is 20.8. The molecule has 4 rings (SSSR count). The molecule has 0 saturated carbocycles. The van der Waals surface area contributed by atoms with Crippen molar-refractivity contribution in [2.24, 2.45) is 0 Å². The molecule has 5 nitrogen and oxygen atoms in total. The molecule has 1 amide bonds. The van der Waals surface area contributed by atoms with Crippen LogP contribution in [0.3, 0.4) is 0 Å². The molecule has 0 aromatic heterocycles. The van der Waals surface area contributed by atoms with Crippen LogP contribution in [0, 0.1) is 0 Å². The van der Waals surface area contributed by atoms with Gasteiger partial charge in [-0.1, -0.05) is 48.5 Å². The van der Waals surface area contributed by atoms with E-state index in [0.717, 1.165) is 36.4 Å². The van der Waals surface area contributed by atoms with Gasteiger partial charge in [-0.25, -0.2) is 0 Å². The third-order valence-electron chi connectivity index (χ3n) is 6.97. The van der Waals surface area contributed by atoms with E-state index >= 15 is 0 Å². The average molecular weight is 470 g/mol. The Morgan fingerprint density at radius 1 is 1.00 bits per heavy atom. The number of hydrogen-bond donors (Lipinski definition) is 1. The highest BCUT2D eigenvalue weighted by Gasteiger charge is 2.34. The van der Waals surface area contributed by atoms with E-state index < -0.39 is 0 Å². The Labute approximate surface area is 208 Å². The molecule has 3 atom stereocenters. The number of carbonyl (C=O) groups is 1. The van der Waals surface area contributed by atoms with E-state index in [-0.39, 0.29) is 17.7 Å². The monoisotopic (exact) mass is 469 g/mol. The van der Waals surface area contributed by atoms with Gasteiger partial charge >= 0.3 is 0 Å². The number of rotatable bonds is 7. The first-order valence-corrected chi connectivity index (χ1v) is 12.2. The van der Waals surface area contributed by atoms with Crippen molar-refractivity contribution in [2.75, 3.05) is 31.6 Å². The SMILES string of the molecule is C=CCN1C[C@H](C)N([C@H](c2ccc(C(=O)N(C)c3ccccc3)cc2)c2cccc(O)c2)C[C@H]1C. The molecule has 3 aromatic rings. The Kier molecular flexibility index (Phi) is 7.69. The summed E-state index contributed by atoms with van der Waals surface area (Å²) in [4.78, 5) is 19.7. The van der Waals surface area contributed by atoms with Gasteiger partial charge in [-0.05, 0) is 61.4 Å². The molecule has 0 radical (unpaired) electrons. The Morgan fingerprint density at radius 2 is 1.71 bits per heavy atom. The van der Waals surface area contributed by atoms with Gasteiger partial charge in [0.25, 0.3) is 5.91 Å². The lowest BCUT2D eigenvalue weighted by molar-refractivity contribution is 0.0306. The van der Waals surface area contributed by atoms with Crippen LogP contribution >= 0.6 is 0 Å². The highest BCUT2D eigenvalue weighted by Crippen LogP contribution is 2.34. The molecular weight excluding hydrogens is 434 g/mol. The van der Waals surface area contributed by atoms with Gasteiger partial charge in [-0.3, -0.25) is 14.6 Å². The molecule has 35 heavy (non-hydrogen) atoms. The lowest BCUT2D eigenvalue weighted by Gasteiger charge is -2.47. The van der Waals surface area contributed by atoms with Crippen LogP contribution in [0.4, 0.5) is 5.69 Å². The topological polar surface area (TPSA) is 47.0 Å². The summed E-state index contributed by atoms with van der Waals surface area (Å²) in [5, 5.41) is 10.2. The smallest absolute Gasteiger partial charge is 0.258 e. The normalized spacial score (nSPS) is 19.7. The van der Waals surface area contributed by atoms with Crippen molar-refractivity contribution < 1.29 is 9.90 Å². The molecule has 1 aliphatic heterocycles. The van der Waals surface area contributed by atoms with E-state index in [9.17, 15) is 9.90 Å². The minimum absolute atomic E-state index is 0.0264. The van der Waals surface area contributed by atoms with Crippen molar-refractivity contribution in [2.45, 2.75) is 32.0 Å². The van der Waals surface area contributed by atoms with Gasteiger partial charge in [0.2, 0.25) is 0 Å². The van der Waals surface area contributed by atoms with Gasteiger partial charge < -0.3 is 10.0 Å². The van der Waals surface area contributed by atoms with Crippen LogP contribution in [-0.4, -0.2) is 59.6 Å². The molecule has 0 aliphatic carbocycles. The van der Waals surface area contributed by atoms with Gasteiger partial charge in [0.15, 0.2) is 0 Å². The minimum Gasteiger partial charge on any atom is -0.508 e. The second-order valence-electron chi connectivity index (χ2n) is 9.46. The first-order valence-electron chi connectivity index (χ1n) is 12.2. The predicted molar refractivity (Wildman–Crippen MR) is 143 cm³/mol. The summed E-state index contributed by atoms with van der Waals surface area (Å²) >= 11 is 0. The predicted octanol–water partition coefficient (Wildman–Crippen LogP) is 5.34. The van der Waals surface area contributed by atoms with Gasteiger partial charge in [0.1, 0.15) is 5.75 Å². The van der Waals surface area contributed by atoms with Crippen molar-refractivity contribution in [3.63, 3.8) is 0 Å². The largest absolute Gasteiger partial charge is 0.508 e. The van der Waals surface area contributed by atoms with Crippen LogP contribution in [0.5, 0.6) is 5.75 Å². The summed E-state index contributed by atoms with van der Waals surface area (Å²) in [6, 6.07) is 25.8. The lowest BCUT2D eigenvalue weighted by atomic mass is 9.92. The van der Waals surface area contributed by atoms with Crippen LogP contribution < -0.4 is 4.90 Å². The van der Waals surface area contributed by atoms with Crippen molar-refractivity contribution in [3.05, 3.63) is 108 Å². The van der Waals surface area contributed by atoms with E-state index in [1.54, 1.807) is 18.0 Å². The maximum atomic E-state index is 13.1. The quantitative estimate of drug-likeness (QED) is 0.475. The molecule has 5 heteroatoms. The number of hydrogen-bond acceptors (Lipinski definition) is 4. The molecule has 0 spiro atoms. The van der Waals surface area contributed by atoms with E-state index in [1.807, 2.05) is 72.8 Å².